The van der Waals surface area contributed by atoms with Crippen LogP contribution in [-0.2, 0) is 13.1 Å². The molecule has 2 aromatic heterocycles. The summed E-state index contributed by atoms with van der Waals surface area (Å²) in [6.07, 6.45) is 3.86. The van der Waals surface area contributed by atoms with Gasteiger partial charge in [0.15, 0.2) is 11.6 Å². The number of carbonyl (C=O) groups excluding carboxylic acids is 1. The SMILES string of the molecule is COc1ccc(CN2Cc3c(F)c(N[C@@H]4CCCC[C@@H]4N(C(=O)O)C(C)(C)C)nc(-c4cnn(C(F)F)c4)c3C2=O)c(OC)c1. The molecule has 2 N–H and O–H groups in total. The lowest BCUT2D eigenvalue weighted by molar-refractivity contribution is 0.0518. The van der Waals surface area contributed by atoms with Gasteiger partial charge in [-0.1, -0.05) is 12.8 Å². The summed E-state index contributed by atoms with van der Waals surface area (Å²) in [5.74, 6) is -0.427. The Hall–Kier alpha value is -4.49. The molecule has 0 unspecified atom stereocenters. The molecule has 0 radical (unpaired) electrons. The summed E-state index contributed by atoms with van der Waals surface area (Å²) in [6.45, 7) is 2.44. The fourth-order valence-corrected chi connectivity index (χ4v) is 6.29. The van der Waals surface area contributed by atoms with E-state index in [1.807, 2.05) is 0 Å². The maximum absolute atomic E-state index is 16.4. The first-order chi connectivity index (χ1) is 21.3. The Bertz CT molecular complexity index is 1590. The normalized spacial score (nSPS) is 18.2. The minimum atomic E-state index is -2.93. The van der Waals surface area contributed by atoms with Crippen LogP contribution in [0.1, 0.15) is 74.5 Å². The molecule has 5 rings (SSSR count). The van der Waals surface area contributed by atoms with Crippen molar-refractivity contribution in [3.63, 3.8) is 0 Å². The van der Waals surface area contributed by atoms with Gasteiger partial charge >= 0.3 is 12.6 Å². The first-order valence-electron chi connectivity index (χ1n) is 14.7. The Morgan fingerprint density at radius 1 is 1.20 bits per heavy atom. The quantitative estimate of drug-likeness (QED) is 0.289. The second-order valence-corrected chi connectivity index (χ2v) is 12.2. The predicted molar refractivity (Wildman–Crippen MR) is 159 cm³/mol. The molecule has 0 spiro atoms. The molecule has 45 heavy (non-hydrogen) atoms. The molecule has 14 heteroatoms. The number of rotatable bonds is 9. The number of halogens is 3. The van der Waals surface area contributed by atoms with Crippen LogP contribution < -0.4 is 14.8 Å². The second kappa shape index (κ2) is 12.5. The fraction of sp³-hybridized carbons (Fsp3) is 0.484. The number of pyridine rings is 1. The van der Waals surface area contributed by atoms with E-state index in [0.29, 0.717) is 34.6 Å². The van der Waals surface area contributed by atoms with E-state index in [1.165, 1.54) is 24.0 Å². The standard InChI is InChI=1S/C31H37F3N6O5/c1-31(2,3)40(30(42)43)22-9-7-6-8-21(22)36-27-25(32)20-16-38(14-17-10-11-19(44-4)12-23(17)45-5)28(41)24(20)26(37-27)18-13-35-39(15-18)29(33)34/h10-13,15,21-22,29H,6-9,14,16H2,1-5H3,(H,36,37)(H,42,43)/t21-,22+/m1/s1. The van der Waals surface area contributed by atoms with E-state index in [2.05, 4.69) is 15.4 Å². The van der Waals surface area contributed by atoms with Crippen LogP contribution in [0, 0.1) is 5.82 Å². The molecule has 2 atom stereocenters. The second-order valence-electron chi connectivity index (χ2n) is 12.2. The van der Waals surface area contributed by atoms with Crippen molar-refractivity contribution in [3.8, 4) is 22.8 Å². The van der Waals surface area contributed by atoms with Gasteiger partial charge < -0.3 is 24.8 Å². The summed E-state index contributed by atoms with van der Waals surface area (Å²) in [7, 11) is 3.01. The van der Waals surface area contributed by atoms with Gasteiger partial charge in [0.25, 0.3) is 5.91 Å². The van der Waals surface area contributed by atoms with Gasteiger partial charge in [-0.25, -0.2) is 18.9 Å². The Morgan fingerprint density at radius 3 is 2.56 bits per heavy atom. The number of fused-ring (bicyclic) bond motifs is 1. The lowest BCUT2D eigenvalue weighted by Crippen LogP contribution is -2.58. The van der Waals surface area contributed by atoms with E-state index in [1.54, 1.807) is 39.0 Å². The molecule has 242 valence electrons. The Labute approximate surface area is 258 Å². The first-order valence-corrected chi connectivity index (χ1v) is 14.7. The number of methoxy groups -OCH3 is 2. The van der Waals surface area contributed by atoms with Gasteiger partial charge in [0.05, 0.1) is 44.3 Å². The molecule has 1 saturated carbocycles. The number of hydrogen-bond donors (Lipinski definition) is 2. The molecule has 1 aliphatic carbocycles. The van der Waals surface area contributed by atoms with Gasteiger partial charge in [-0.05, 0) is 45.7 Å². The van der Waals surface area contributed by atoms with Gasteiger partial charge in [0.1, 0.15) is 11.5 Å². The highest BCUT2D eigenvalue weighted by Crippen LogP contribution is 2.39. The number of hydrogen-bond acceptors (Lipinski definition) is 7. The summed E-state index contributed by atoms with van der Waals surface area (Å²) in [6, 6.07) is 4.18. The minimum Gasteiger partial charge on any atom is -0.497 e. The van der Waals surface area contributed by atoms with Crippen molar-refractivity contribution >= 4 is 17.8 Å². The van der Waals surface area contributed by atoms with Crippen molar-refractivity contribution in [1.29, 1.82) is 0 Å². The van der Waals surface area contributed by atoms with Gasteiger partial charge in [-0.2, -0.15) is 13.9 Å². The first kappa shape index (κ1) is 31.9. The van der Waals surface area contributed by atoms with Gasteiger partial charge in [-0.3, -0.25) is 9.69 Å². The molecule has 0 saturated heterocycles. The van der Waals surface area contributed by atoms with Crippen LogP contribution in [0.2, 0.25) is 0 Å². The van der Waals surface area contributed by atoms with Gasteiger partial charge in [0, 0.05) is 47.1 Å². The Morgan fingerprint density at radius 2 is 1.93 bits per heavy atom. The maximum Gasteiger partial charge on any atom is 0.408 e. The van der Waals surface area contributed by atoms with Crippen LogP contribution in [0.3, 0.4) is 0 Å². The molecule has 1 aliphatic heterocycles. The van der Waals surface area contributed by atoms with Gasteiger partial charge in [-0.15, -0.1) is 0 Å². The third-order valence-corrected chi connectivity index (χ3v) is 8.33. The van der Waals surface area contributed by atoms with Crippen LogP contribution in [0.15, 0.2) is 30.6 Å². The van der Waals surface area contributed by atoms with Crippen molar-refractivity contribution in [3.05, 3.63) is 53.1 Å². The lowest BCUT2D eigenvalue weighted by Gasteiger charge is -2.45. The highest BCUT2D eigenvalue weighted by Gasteiger charge is 2.41. The Balaban J connectivity index is 1.56. The number of nitrogens with one attached hydrogen (secondary N) is 1. The Kier molecular flexibility index (Phi) is 8.86. The van der Waals surface area contributed by atoms with Crippen LogP contribution in [0.25, 0.3) is 11.3 Å². The molecule has 2 amide bonds. The largest absolute Gasteiger partial charge is 0.497 e. The van der Waals surface area contributed by atoms with E-state index < -0.39 is 42.0 Å². The van der Waals surface area contributed by atoms with Crippen LogP contribution >= 0.6 is 0 Å². The van der Waals surface area contributed by atoms with Crippen molar-refractivity contribution in [2.75, 3.05) is 19.5 Å². The maximum atomic E-state index is 16.4. The van der Waals surface area contributed by atoms with Gasteiger partial charge in [0.2, 0.25) is 0 Å². The number of nitrogens with zero attached hydrogens (tertiary/aromatic N) is 5. The number of carboxylic acid groups (broad SMARTS) is 1. The highest BCUT2D eigenvalue weighted by atomic mass is 19.3. The van der Waals surface area contributed by atoms with Crippen LogP contribution in [0.5, 0.6) is 11.5 Å². The van der Waals surface area contributed by atoms with Crippen LogP contribution in [-0.4, -0.2) is 73.5 Å². The van der Waals surface area contributed by atoms with Crippen molar-refractivity contribution < 1.29 is 37.3 Å². The fourth-order valence-electron chi connectivity index (χ4n) is 6.29. The highest BCUT2D eigenvalue weighted by molar-refractivity contribution is 6.04. The summed E-state index contributed by atoms with van der Waals surface area (Å²) >= 11 is 0. The monoisotopic (exact) mass is 630 g/mol. The smallest absolute Gasteiger partial charge is 0.408 e. The van der Waals surface area contributed by atoms with E-state index in [4.69, 9.17) is 9.47 Å². The number of anilines is 1. The molecular formula is C31H37F3N6O5. The molecule has 11 nitrogen and oxygen atoms in total. The zero-order chi connectivity index (χ0) is 32.6. The number of carbonyl (C=O) groups is 2. The number of ether oxygens (including phenoxy) is 2. The van der Waals surface area contributed by atoms with E-state index in [-0.39, 0.29) is 41.3 Å². The summed E-state index contributed by atoms with van der Waals surface area (Å²) in [4.78, 5) is 33.5. The van der Waals surface area contributed by atoms with Crippen molar-refractivity contribution in [1.82, 2.24) is 24.6 Å². The van der Waals surface area contributed by atoms with E-state index in [0.717, 1.165) is 25.2 Å². The average molecular weight is 631 g/mol. The van der Waals surface area contributed by atoms with Crippen molar-refractivity contribution in [2.24, 2.45) is 0 Å². The number of alkyl halides is 2. The third-order valence-electron chi connectivity index (χ3n) is 8.33. The molecular weight excluding hydrogens is 593 g/mol. The molecule has 1 aromatic carbocycles. The topological polar surface area (TPSA) is 122 Å². The zero-order valence-electron chi connectivity index (χ0n) is 25.8. The molecule has 3 aromatic rings. The van der Waals surface area contributed by atoms with Crippen LogP contribution in [0.4, 0.5) is 23.8 Å². The molecule has 1 fully saturated rings. The minimum absolute atomic E-state index is 0.00766. The summed E-state index contributed by atoms with van der Waals surface area (Å²) in [5, 5.41) is 17.0. The molecule has 3 heterocycles. The number of benzene rings is 1. The lowest BCUT2D eigenvalue weighted by atomic mass is 9.86. The molecule has 2 aliphatic rings. The van der Waals surface area contributed by atoms with E-state index >= 15 is 4.39 Å². The predicted octanol–water partition coefficient (Wildman–Crippen LogP) is 6.15. The van der Waals surface area contributed by atoms with Crippen molar-refractivity contribution in [2.45, 2.75) is 83.7 Å². The zero-order valence-corrected chi connectivity index (χ0v) is 25.8. The summed E-state index contributed by atoms with van der Waals surface area (Å²) < 4.78 is 54.5. The summed E-state index contributed by atoms with van der Waals surface area (Å²) in [5.41, 5.74) is 0.0769. The number of amides is 2. The molecule has 0 bridgehead atoms. The third kappa shape index (κ3) is 6.22. The number of aromatic nitrogens is 3. The average Bonchev–Trinajstić information content (AvgIpc) is 3.61. The van der Waals surface area contributed by atoms with E-state index in [9.17, 15) is 23.5 Å².